The van der Waals surface area contributed by atoms with E-state index in [1.165, 1.54) is 6.07 Å². The number of nitrogens with two attached hydrogens (primary N) is 1. The summed E-state index contributed by atoms with van der Waals surface area (Å²) >= 11 is 5.69. The molecule has 76 valence electrons. The second-order valence-electron chi connectivity index (χ2n) is 2.73. The summed E-state index contributed by atoms with van der Waals surface area (Å²) in [5.74, 6) is 0. The van der Waals surface area contributed by atoms with Crippen LogP contribution in [0.2, 0.25) is 5.02 Å². The van der Waals surface area contributed by atoms with Crippen LogP contribution >= 0.6 is 11.6 Å². The molecule has 0 atom stereocenters. The molecule has 0 aliphatic carbocycles. The fraction of sp³-hybridized carbons (Fsp3) is 0.222. The van der Waals surface area contributed by atoms with Gasteiger partial charge in [0.15, 0.2) is 6.29 Å². The summed E-state index contributed by atoms with van der Waals surface area (Å²) in [7, 11) is 0. The Labute approximate surface area is 86.8 Å². The van der Waals surface area contributed by atoms with E-state index in [1.807, 2.05) is 0 Å². The van der Waals surface area contributed by atoms with Gasteiger partial charge in [-0.3, -0.25) is 15.1 Å². The first-order chi connectivity index (χ1) is 6.69. The maximum atomic E-state index is 10.7. The molecule has 0 saturated heterocycles. The van der Waals surface area contributed by atoms with E-state index in [0.717, 1.165) is 5.06 Å². The minimum Gasteiger partial charge on any atom is -0.329 e. The fourth-order valence-electron chi connectivity index (χ4n) is 1.10. The number of carbonyl (C=O) groups is 1. The zero-order valence-corrected chi connectivity index (χ0v) is 8.24. The standard InChI is InChI=1S/C9H11ClN2O2/c10-8-1-2-9(7(5-8)6-13)12(14)4-3-11/h1-2,5-6,14H,3-4,11H2. The quantitative estimate of drug-likeness (QED) is 0.586. The van der Waals surface area contributed by atoms with Crippen molar-refractivity contribution in [3.05, 3.63) is 28.8 Å². The third kappa shape index (κ3) is 2.45. The zero-order chi connectivity index (χ0) is 10.6. The van der Waals surface area contributed by atoms with E-state index < -0.39 is 0 Å². The molecule has 0 radical (unpaired) electrons. The van der Waals surface area contributed by atoms with Crippen molar-refractivity contribution in [1.29, 1.82) is 0 Å². The van der Waals surface area contributed by atoms with E-state index in [0.29, 0.717) is 29.1 Å². The predicted molar refractivity (Wildman–Crippen MR) is 55.0 cm³/mol. The van der Waals surface area contributed by atoms with Crippen LogP contribution in [0, 0.1) is 0 Å². The first-order valence-corrected chi connectivity index (χ1v) is 4.48. The van der Waals surface area contributed by atoms with Gasteiger partial charge in [-0.2, -0.15) is 0 Å². The molecule has 14 heavy (non-hydrogen) atoms. The third-order valence-corrected chi connectivity index (χ3v) is 1.97. The molecule has 0 heterocycles. The Morgan fingerprint density at radius 3 is 2.86 bits per heavy atom. The maximum absolute atomic E-state index is 10.7. The third-order valence-electron chi connectivity index (χ3n) is 1.74. The molecule has 0 amide bonds. The van der Waals surface area contributed by atoms with Crippen LogP contribution in [0.25, 0.3) is 0 Å². The van der Waals surface area contributed by atoms with Crippen LogP contribution in [0.3, 0.4) is 0 Å². The van der Waals surface area contributed by atoms with E-state index in [-0.39, 0.29) is 6.54 Å². The first kappa shape index (κ1) is 11.0. The van der Waals surface area contributed by atoms with Crippen molar-refractivity contribution in [2.75, 3.05) is 18.2 Å². The van der Waals surface area contributed by atoms with Crippen molar-refractivity contribution in [2.45, 2.75) is 0 Å². The Bertz CT molecular complexity index is 331. The minimum atomic E-state index is 0.266. The summed E-state index contributed by atoms with van der Waals surface area (Å²) in [6.45, 7) is 0.569. The number of carbonyl (C=O) groups excluding carboxylic acids is 1. The van der Waals surface area contributed by atoms with Gasteiger partial charge < -0.3 is 5.73 Å². The number of nitrogens with zero attached hydrogens (tertiary/aromatic N) is 1. The molecule has 0 unspecified atom stereocenters. The van der Waals surface area contributed by atoms with Gasteiger partial charge in [0.25, 0.3) is 0 Å². The van der Waals surface area contributed by atoms with Crippen molar-refractivity contribution in [2.24, 2.45) is 5.73 Å². The smallest absolute Gasteiger partial charge is 0.152 e. The number of hydrogen-bond donors (Lipinski definition) is 2. The van der Waals surface area contributed by atoms with Crippen LogP contribution in [0.1, 0.15) is 10.4 Å². The van der Waals surface area contributed by atoms with Crippen molar-refractivity contribution in [3.8, 4) is 0 Å². The van der Waals surface area contributed by atoms with Gasteiger partial charge in [-0.1, -0.05) is 11.6 Å². The Morgan fingerprint density at radius 2 is 2.29 bits per heavy atom. The molecule has 0 aliphatic rings. The van der Waals surface area contributed by atoms with E-state index in [2.05, 4.69) is 0 Å². The summed E-state index contributed by atoms with van der Waals surface area (Å²) < 4.78 is 0. The highest BCUT2D eigenvalue weighted by Crippen LogP contribution is 2.21. The molecule has 4 nitrogen and oxygen atoms in total. The molecule has 5 heteroatoms. The fourth-order valence-corrected chi connectivity index (χ4v) is 1.28. The van der Waals surface area contributed by atoms with Gasteiger partial charge in [0.2, 0.25) is 0 Å². The number of hydroxylamine groups is 1. The van der Waals surface area contributed by atoms with Crippen LogP contribution in [-0.4, -0.2) is 24.6 Å². The largest absolute Gasteiger partial charge is 0.329 e. The zero-order valence-electron chi connectivity index (χ0n) is 7.48. The molecular formula is C9H11ClN2O2. The highest BCUT2D eigenvalue weighted by Gasteiger charge is 2.08. The second kappa shape index (κ2) is 4.95. The van der Waals surface area contributed by atoms with Crippen LogP contribution in [0.15, 0.2) is 18.2 Å². The molecule has 0 aromatic heterocycles. The van der Waals surface area contributed by atoms with Gasteiger partial charge in [0, 0.05) is 17.1 Å². The number of halogens is 1. The molecule has 1 aromatic carbocycles. The lowest BCUT2D eigenvalue weighted by Crippen LogP contribution is -2.26. The average molecular weight is 215 g/mol. The van der Waals surface area contributed by atoms with Crippen molar-refractivity contribution in [1.82, 2.24) is 0 Å². The highest BCUT2D eigenvalue weighted by atomic mass is 35.5. The second-order valence-corrected chi connectivity index (χ2v) is 3.17. The van der Waals surface area contributed by atoms with Gasteiger partial charge in [-0.15, -0.1) is 0 Å². The maximum Gasteiger partial charge on any atom is 0.152 e. The number of benzene rings is 1. The average Bonchev–Trinajstić information content (AvgIpc) is 2.17. The summed E-state index contributed by atoms with van der Waals surface area (Å²) in [5.41, 5.74) is 6.03. The Balaban J connectivity index is 3.01. The number of rotatable bonds is 4. The summed E-state index contributed by atoms with van der Waals surface area (Å²) in [6.07, 6.45) is 0.640. The molecule has 3 N–H and O–H groups in total. The molecule has 1 rings (SSSR count). The van der Waals surface area contributed by atoms with E-state index in [9.17, 15) is 10.0 Å². The molecule has 0 fully saturated rings. The Kier molecular flexibility index (Phi) is 3.88. The monoisotopic (exact) mass is 214 g/mol. The normalized spacial score (nSPS) is 9.93. The lowest BCUT2D eigenvalue weighted by molar-refractivity contribution is 0.112. The molecular weight excluding hydrogens is 204 g/mol. The highest BCUT2D eigenvalue weighted by molar-refractivity contribution is 6.31. The van der Waals surface area contributed by atoms with Crippen LogP contribution < -0.4 is 10.8 Å². The van der Waals surface area contributed by atoms with Gasteiger partial charge in [0.1, 0.15) is 0 Å². The van der Waals surface area contributed by atoms with Crippen molar-refractivity contribution < 1.29 is 10.0 Å². The van der Waals surface area contributed by atoms with Crippen molar-refractivity contribution in [3.63, 3.8) is 0 Å². The van der Waals surface area contributed by atoms with E-state index in [1.54, 1.807) is 12.1 Å². The van der Waals surface area contributed by atoms with Gasteiger partial charge >= 0.3 is 0 Å². The lowest BCUT2D eigenvalue weighted by Gasteiger charge is -2.17. The SMILES string of the molecule is NCCN(O)c1ccc(Cl)cc1C=O. The number of anilines is 1. The number of hydrogen-bond acceptors (Lipinski definition) is 4. The molecule has 0 spiro atoms. The summed E-state index contributed by atoms with van der Waals surface area (Å²) in [6, 6.07) is 4.66. The Morgan fingerprint density at radius 1 is 1.57 bits per heavy atom. The van der Waals surface area contributed by atoms with E-state index in [4.69, 9.17) is 17.3 Å². The summed E-state index contributed by atoms with van der Waals surface area (Å²) in [5, 5.41) is 10.9. The van der Waals surface area contributed by atoms with Crippen LogP contribution in [0.5, 0.6) is 0 Å². The Hall–Kier alpha value is -1.10. The topological polar surface area (TPSA) is 66.6 Å². The van der Waals surface area contributed by atoms with Gasteiger partial charge in [-0.25, -0.2) is 0 Å². The van der Waals surface area contributed by atoms with Gasteiger partial charge in [0.05, 0.1) is 12.2 Å². The molecule has 0 aliphatic heterocycles. The molecule has 0 saturated carbocycles. The molecule has 0 bridgehead atoms. The van der Waals surface area contributed by atoms with Crippen molar-refractivity contribution >= 4 is 23.6 Å². The first-order valence-electron chi connectivity index (χ1n) is 4.10. The minimum absolute atomic E-state index is 0.266. The number of aldehydes is 1. The molecule has 1 aromatic rings. The predicted octanol–water partition coefficient (Wildman–Crippen LogP) is 1.31. The summed E-state index contributed by atoms with van der Waals surface area (Å²) in [4.78, 5) is 10.7. The van der Waals surface area contributed by atoms with Crippen LogP contribution in [0.4, 0.5) is 5.69 Å². The lowest BCUT2D eigenvalue weighted by atomic mass is 10.2. The van der Waals surface area contributed by atoms with E-state index >= 15 is 0 Å². The van der Waals surface area contributed by atoms with Gasteiger partial charge in [-0.05, 0) is 18.2 Å². The van der Waals surface area contributed by atoms with Crippen LogP contribution in [-0.2, 0) is 0 Å².